The second-order valence-electron chi connectivity index (χ2n) is 4.96. The summed E-state index contributed by atoms with van der Waals surface area (Å²) in [6.45, 7) is 5.51. The molecule has 0 aromatic carbocycles. The summed E-state index contributed by atoms with van der Waals surface area (Å²) in [5, 5.41) is 7.46. The second kappa shape index (κ2) is 6.40. The maximum absolute atomic E-state index is 5.32. The standard InChI is InChI=1S/C12H21N3OS/c1-9(2)7-17-8-11-14-12(16-15-11)10-5-3-4-6-13-10/h9-10,13H,3-8H2,1-2H3/t10-/m1/s1. The van der Waals surface area contributed by atoms with Crippen LogP contribution in [0, 0.1) is 5.92 Å². The first kappa shape index (κ1) is 12.9. The highest BCUT2D eigenvalue weighted by molar-refractivity contribution is 7.98. The summed E-state index contributed by atoms with van der Waals surface area (Å²) in [4.78, 5) is 4.47. The minimum absolute atomic E-state index is 0.278. The van der Waals surface area contributed by atoms with Crippen molar-refractivity contribution in [2.45, 2.75) is 44.9 Å². The molecule has 1 aromatic rings. The molecule has 1 fully saturated rings. The van der Waals surface area contributed by atoms with Crippen molar-refractivity contribution in [3.05, 3.63) is 11.7 Å². The average Bonchev–Trinajstić information content (AvgIpc) is 2.78. The van der Waals surface area contributed by atoms with Gasteiger partial charge in [0, 0.05) is 0 Å². The molecule has 4 nitrogen and oxygen atoms in total. The molecule has 2 rings (SSSR count). The molecule has 1 N–H and O–H groups in total. The molecule has 1 aromatic heterocycles. The van der Waals surface area contributed by atoms with Gasteiger partial charge in [-0.3, -0.25) is 0 Å². The topological polar surface area (TPSA) is 51.0 Å². The number of hydrogen-bond acceptors (Lipinski definition) is 5. The lowest BCUT2D eigenvalue weighted by Crippen LogP contribution is -2.26. The predicted octanol–water partition coefficient (Wildman–Crippen LogP) is 2.77. The van der Waals surface area contributed by atoms with Crippen molar-refractivity contribution in [2.24, 2.45) is 5.92 Å². The van der Waals surface area contributed by atoms with Gasteiger partial charge in [-0.1, -0.05) is 25.4 Å². The molecule has 2 heterocycles. The largest absolute Gasteiger partial charge is 0.338 e. The van der Waals surface area contributed by atoms with E-state index in [1.54, 1.807) is 0 Å². The molecule has 5 heteroatoms. The first-order valence-corrected chi connectivity index (χ1v) is 7.55. The molecule has 0 aliphatic carbocycles. The number of piperidine rings is 1. The van der Waals surface area contributed by atoms with Crippen LogP contribution in [0.15, 0.2) is 4.52 Å². The smallest absolute Gasteiger partial charge is 0.243 e. The number of nitrogens with zero attached hydrogens (tertiary/aromatic N) is 2. The van der Waals surface area contributed by atoms with Crippen LogP contribution in [0.4, 0.5) is 0 Å². The highest BCUT2D eigenvalue weighted by Crippen LogP contribution is 2.22. The van der Waals surface area contributed by atoms with E-state index in [2.05, 4.69) is 29.3 Å². The predicted molar refractivity (Wildman–Crippen MR) is 69.9 cm³/mol. The molecule has 1 aliphatic rings. The van der Waals surface area contributed by atoms with Gasteiger partial charge in [0.2, 0.25) is 5.89 Å². The molecule has 1 aliphatic heterocycles. The fourth-order valence-corrected chi connectivity index (χ4v) is 2.81. The van der Waals surface area contributed by atoms with Gasteiger partial charge in [0.25, 0.3) is 0 Å². The van der Waals surface area contributed by atoms with E-state index in [1.165, 1.54) is 12.8 Å². The SMILES string of the molecule is CC(C)CSCc1noc([C@H]2CCCCN2)n1. The minimum atomic E-state index is 0.278. The van der Waals surface area contributed by atoms with Crippen molar-refractivity contribution < 1.29 is 4.52 Å². The van der Waals surface area contributed by atoms with E-state index in [0.29, 0.717) is 5.92 Å². The Morgan fingerprint density at radius 2 is 2.35 bits per heavy atom. The van der Waals surface area contributed by atoms with E-state index >= 15 is 0 Å². The molecular weight excluding hydrogens is 234 g/mol. The molecule has 0 spiro atoms. The Morgan fingerprint density at radius 3 is 3.06 bits per heavy atom. The summed E-state index contributed by atoms with van der Waals surface area (Å²) in [5.74, 6) is 4.31. The van der Waals surface area contributed by atoms with Crippen molar-refractivity contribution >= 4 is 11.8 Å². The van der Waals surface area contributed by atoms with Crippen molar-refractivity contribution in [1.82, 2.24) is 15.5 Å². The lowest BCUT2D eigenvalue weighted by Gasteiger charge is -2.19. The summed E-state index contributed by atoms with van der Waals surface area (Å²) in [6, 6.07) is 0.278. The maximum atomic E-state index is 5.32. The number of nitrogens with one attached hydrogen (secondary N) is 1. The fourth-order valence-electron chi connectivity index (χ4n) is 1.92. The van der Waals surface area contributed by atoms with Crippen LogP contribution in [0.2, 0.25) is 0 Å². The van der Waals surface area contributed by atoms with Gasteiger partial charge >= 0.3 is 0 Å². The second-order valence-corrected chi connectivity index (χ2v) is 5.99. The van der Waals surface area contributed by atoms with Crippen molar-refractivity contribution in [3.8, 4) is 0 Å². The third-order valence-corrected chi connectivity index (χ3v) is 4.14. The molecule has 0 amide bonds. The third kappa shape index (κ3) is 4.00. The lowest BCUT2D eigenvalue weighted by atomic mass is 10.1. The number of rotatable bonds is 5. The van der Waals surface area contributed by atoms with Crippen molar-refractivity contribution in [1.29, 1.82) is 0 Å². The Kier molecular flexibility index (Phi) is 4.86. The van der Waals surface area contributed by atoms with Gasteiger partial charge in [0.1, 0.15) is 0 Å². The molecule has 0 saturated carbocycles. The number of hydrogen-bond donors (Lipinski definition) is 1. The molecule has 1 saturated heterocycles. The Morgan fingerprint density at radius 1 is 1.47 bits per heavy atom. The van der Waals surface area contributed by atoms with E-state index in [9.17, 15) is 0 Å². The van der Waals surface area contributed by atoms with Crippen LogP contribution in [-0.2, 0) is 5.75 Å². The number of thioether (sulfide) groups is 1. The normalized spacial score (nSPS) is 21.0. The van der Waals surface area contributed by atoms with E-state index in [4.69, 9.17) is 4.52 Å². The minimum Gasteiger partial charge on any atom is -0.338 e. The molecule has 0 radical (unpaired) electrons. The third-order valence-electron chi connectivity index (χ3n) is 2.77. The first-order chi connectivity index (χ1) is 8.25. The zero-order valence-corrected chi connectivity index (χ0v) is 11.4. The number of aromatic nitrogens is 2. The van der Waals surface area contributed by atoms with Crippen LogP contribution in [0.5, 0.6) is 0 Å². The van der Waals surface area contributed by atoms with Gasteiger partial charge in [-0.15, -0.1) is 0 Å². The molecule has 1 atom stereocenters. The van der Waals surface area contributed by atoms with Crippen LogP contribution in [0.25, 0.3) is 0 Å². The van der Waals surface area contributed by atoms with Gasteiger partial charge < -0.3 is 9.84 Å². The van der Waals surface area contributed by atoms with E-state index in [-0.39, 0.29) is 6.04 Å². The summed E-state index contributed by atoms with van der Waals surface area (Å²) in [7, 11) is 0. The highest BCUT2D eigenvalue weighted by Gasteiger charge is 2.20. The summed E-state index contributed by atoms with van der Waals surface area (Å²) >= 11 is 1.87. The van der Waals surface area contributed by atoms with Gasteiger partial charge in [-0.25, -0.2) is 0 Å². The zero-order chi connectivity index (χ0) is 12.1. The summed E-state index contributed by atoms with van der Waals surface area (Å²) < 4.78 is 5.32. The molecule has 96 valence electrons. The van der Waals surface area contributed by atoms with Crippen molar-refractivity contribution in [3.63, 3.8) is 0 Å². The van der Waals surface area contributed by atoms with Crippen LogP contribution in [0.3, 0.4) is 0 Å². The van der Waals surface area contributed by atoms with E-state index in [0.717, 1.165) is 36.2 Å². The summed E-state index contributed by atoms with van der Waals surface area (Å²) in [5.41, 5.74) is 0. The summed E-state index contributed by atoms with van der Waals surface area (Å²) in [6.07, 6.45) is 3.61. The Hall–Kier alpha value is -0.550. The van der Waals surface area contributed by atoms with Crippen LogP contribution >= 0.6 is 11.8 Å². The highest BCUT2D eigenvalue weighted by atomic mass is 32.2. The monoisotopic (exact) mass is 255 g/mol. The quantitative estimate of drug-likeness (QED) is 0.876. The van der Waals surface area contributed by atoms with E-state index in [1.807, 2.05) is 11.8 Å². The van der Waals surface area contributed by atoms with Gasteiger partial charge in [0.15, 0.2) is 5.82 Å². The van der Waals surface area contributed by atoms with Gasteiger partial charge in [0.05, 0.1) is 11.8 Å². The Labute approximate surface area is 107 Å². The van der Waals surface area contributed by atoms with Crippen LogP contribution < -0.4 is 5.32 Å². The van der Waals surface area contributed by atoms with Gasteiger partial charge in [-0.05, 0) is 31.1 Å². The maximum Gasteiger partial charge on any atom is 0.243 e. The molecule has 0 bridgehead atoms. The Bertz CT molecular complexity index is 334. The van der Waals surface area contributed by atoms with Crippen LogP contribution in [-0.4, -0.2) is 22.4 Å². The van der Waals surface area contributed by atoms with Crippen molar-refractivity contribution in [2.75, 3.05) is 12.3 Å². The van der Waals surface area contributed by atoms with Crippen LogP contribution in [0.1, 0.15) is 50.9 Å². The zero-order valence-electron chi connectivity index (χ0n) is 10.6. The first-order valence-electron chi connectivity index (χ1n) is 6.39. The Balaban J connectivity index is 1.82. The fraction of sp³-hybridized carbons (Fsp3) is 0.833. The molecule has 17 heavy (non-hydrogen) atoms. The lowest BCUT2D eigenvalue weighted by molar-refractivity contribution is 0.296. The molecular formula is C12H21N3OS. The van der Waals surface area contributed by atoms with E-state index < -0.39 is 0 Å². The average molecular weight is 255 g/mol. The molecule has 0 unspecified atom stereocenters. The van der Waals surface area contributed by atoms with Gasteiger partial charge in [-0.2, -0.15) is 16.7 Å².